The molecule has 20 heavy (non-hydrogen) atoms. The summed E-state index contributed by atoms with van der Waals surface area (Å²) in [6.45, 7) is 13.5. The van der Waals surface area contributed by atoms with Crippen molar-refractivity contribution in [3.05, 3.63) is 35.6 Å². The molecule has 1 rings (SSSR count). The number of halogens is 1. The van der Waals surface area contributed by atoms with Crippen molar-refractivity contribution in [2.24, 2.45) is 5.41 Å². The highest BCUT2D eigenvalue weighted by Crippen LogP contribution is 2.18. The summed E-state index contributed by atoms with van der Waals surface area (Å²) in [5, 5.41) is 3.54. The van der Waals surface area contributed by atoms with Crippen LogP contribution in [0, 0.1) is 11.2 Å². The van der Waals surface area contributed by atoms with E-state index in [1.165, 1.54) is 6.07 Å². The van der Waals surface area contributed by atoms with Crippen LogP contribution in [0.15, 0.2) is 24.3 Å². The molecular formula is C17H29FN2. The lowest BCUT2D eigenvalue weighted by Gasteiger charge is -2.34. The lowest BCUT2D eigenvalue weighted by Crippen LogP contribution is -2.45. The Hall–Kier alpha value is -0.930. The average molecular weight is 280 g/mol. The Morgan fingerprint density at radius 3 is 2.25 bits per heavy atom. The number of nitrogens with zero attached hydrogens (tertiary/aromatic N) is 1. The third kappa shape index (κ3) is 6.49. The summed E-state index contributed by atoms with van der Waals surface area (Å²) in [5.41, 5.74) is 1.03. The van der Waals surface area contributed by atoms with Gasteiger partial charge in [-0.1, -0.05) is 32.0 Å². The lowest BCUT2D eigenvalue weighted by atomic mass is 9.91. The molecule has 0 aliphatic carbocycles. The van der Waals surface area contributed by atoms with Gasteiger partial charge in [-0.3, -0.25) is 0 Å². The maximum Gasteiger partial charge on any atom is 0.127 e. The van der Waals surface area contributed by atoms with E-state index >= 15 is 0 Å². The Morgan fingerprint density at radius 2 is 1.70 bits per heavy atom. The van der Waals surface area contributed by atoms with Crippen molar-refractivity contribution in [1.82, 2.24) is 10.2 Å². The summed E-state index contributed by atoms with van der Waals surface area (Å²) >= 11 is 0. The third-order valence-electron chi connectivity index (χ3n) is 3.19. The van der Waals surface area contributed by atoms with E-state index in [1.54, 1.807) is 6.07 Å². The first-order valence-corrected chi connectivity index (χ1v) is 7.26. The third-order valence-corrected chi connectivity index (χ3v) is 3.19. The van der Waals surface area contributed by atoms with Crippen LogP contribution < -0.4 is 5.32 Å². The molecule has 3 heteroatoms. The fourth-order valence-corrected chi connectivity index (χ4v) is 2.26. The van der Waals surface area contributed by atoms with E-state index in [2.05, 4.69) is 44.8 Å². The molecule has 0 bridgehead atoms. The van der Waals surface area contributed by atoms with Gasteiger partial charge in [0.2, 0.25) is 0 Å². The van der Waals surface area contributed by atoms with E-state index in [-0.39, 0.29) is 16.8 Å². The Balaban J connectivity index is 2.52. The van der Waals surface area contributed by atoms with E-state index in [1.807, 2.05) is 19.2 Å². The van der Waals surface area contributed by atoms with Gasteiger partial charge in [0.05, 0.1) is 0 Å². The molecule has 0 aliphatic heterocycles. The van der Waals surface area contributed by atoms with Crippen LogP contribution in [-0.2, 0) is 6.54 Å². The zero-order chi connectivity index (χ0) is 15.4. The lowest BCUT2D eigenvalue weighted by molar-refractivity contribution is 0.185. The second-order valence-corrected chi connectivity index (χ2v) is 7.53. The van der Waals surface area contributed by atoms with Gasteiger partial charge in [-0.15, -0.1) is 0 Å². The Labute approximate surface area is 123 Å². The zero-order valence-corrected chi connectivity index (χ0v) is 13.8. The molecule has 0 radical (unpaired) electrons. The molecule has 0 aliphatic rings. The van der Waals surface area contributed by atoms with Crippen molar-refractivity contribution in [3.63, 3.8) is 0 Å². The first kappa shape index (κ1) is 17.1. The maximum atomic E-state index is 13.6. The van der Waals surface area contributed by atoms with Crippen LogP contribution in [0.2, 0.25) is 0 Å². The minimum atomic E-state index is -0.120. The Kier molecular flexibility index (Phi) is 5.72. The quantitative estimate of drug-likeness (QED) is 0.855. The van der Waals surface area contributed by atoms with Crippen molar-refractivity contribution >= 4 is 0 Å². The van der Waals surface area contributed by atoms with E-state index in [0.29, 0.717) is 6.54 Å². The van der Waals surface area contributed by atoms with Crippen LogP contribution in [0.1, 0.15) is 40.2 Å². The van der Waals surface area contributed by atoms with Crippen molar-refractivity contribution in [3.8, 4) is 0 Å². The highest BCUT2D eigenvalue weighted by Gasteiger charge is 2.22. The molecule has 0 fully saturated rings. The number of nitrogens with one attached hydrogen (secondary N) is 1. The fourth-order valence-electron chi connectivity index (χ4n) is 2.26. The summed E-state index contributed by atoms with van der Waals surface area (Å²) in [6.07, 6.45) is 0. The second-order valence-electron chi connectivity index (χ2n) is 7.53. The molecule has 0 amide bonds. The first-order valence-electron chi connectivity index (χ1n) is 7.26. The normalized spacial score (nSPS) is 13.0. The first-order chi connectivity index (χ1) is 9.09. The highest BCUT2D eigenvalue weighted by molar-refractivity contribution is 5.17. The molecule has 1 N–H and O–H groups in total. The molecule has 1 aromatic rings. The topological polar surface area (TPSA) is 15.3 Å². The van der Waals surface area contributed by atoms with Gasteiger partial charge in [0.15, 0.2) is 0 Å². The molecule has 0 atom stereocenters. The summed E-state index contributed by atoms with van der Waals surface area (Å²) in [7, 11) is 2.05. The second kappa shape index (κ2) is 6.68. The van der Waals surface area contributed by atoms with Crippen molar-refractivity contribution in [2.75, 3.05) is 20.1 Å². The van der Waals surface area contributed by atoms with Crippen molar-refractivity contribution in [2.45, 2.75) is 46.7 Å². The standard InChI is InChI=1S/C17H29FN2/c1-16(2,3)19-12-17(4,5)13-20(6)11-14-9-7-8-10-15(14)18/h7-10,19H,11-13H2,1-6H3. The van der Waals surface area contributed by atoms with Crippen molar-refractivity contribution < 1.29 is 4.39 Å². The highest BCUT2D eigenvalue weighted by atomic mass is 19.1. The largest absolute Gasteiger partial charge is 0.311 e. The fraction of sp³-hybridized carbons (Fsp3) is 0.647. The van der Waals surface area contributed by atoms with Gasteiger partial charge in [0.25, 0.3) is 0 Å². The van der Waals surface area contributed by atoms with Gasteiger partial charge in [0.1, 0.15) is 5.82 Å². The molecule has 0 spiro atoms. The molecule has 0 saturated heterocycles. The molecule has 2 nitrogen and oxygen atoms in total. The summed E-state index contributed by atoms with van der Waals surface area (Å²) < 4.78 is 13.6. The smallest absolute Gasteiger partial charge is 0.127 e. The van der Waals surface area contributed by atoms with Crippen LogP contribution >= 0.6 is 0 Å². The molecule has 0 saturated carbocycles. The molecule has 114 valence electrons. The number of hydrogen-bond acceptors (Lipinski definition) is 2. The van der Waals surface area contributed by atoms with Gasteiger partial charge in [-0.05, 0) is 39.3 Å². The van der Waals surface area contributed by atoms with E-state index in [9.17, 15) is 4.39 Å². The summed E-state index contributed by atoms with van der Waals surface area (Å²) in [6, 6.07) is 7.00. The van der Waals surface area contributed by atoms with E-state index in [4.69, 9.17) is 0 Å². The number of benzene rings is 1. The van der Waals surface area contributed by atoms with Gasteiger partial charge in [0, 0.05) is 30.7 Å². The average Bonchev–Trinajstić information content (AvgIpc) is 2.28. The SMILES string of the molecule is CN(Cc1ccccc1F)CC(C)(C)CNC(C)(C)C. The number of rotatable bonds is 6. The van der Waals surface area contributed by atoms with Crippen LogP contribution in [0.3, 0.4) is 0 Å². The van der Waals surface area contributed by atoms with Crippen molar-refractivity contribution in [1.29, 1.82) is 0 Å². The van der Waals surface area contributed by atoms with E-state index in [0.717, 1.165) is 18.7 Å². The molecule has 0 heterocycles. The molecule has 0 aromatic heterocycles. The molecule has 0 unspecified atom stereocenters. The van der Waals surface area contributed by atoms with Crippen LogP contribution in [-0.4, -0.2) is 30.6 Å². The van der Waals surface area contributed by atoms with Gasteiger partial charge in [-0.25, -0.2) is 4.39 Å². The van der Waals surface area contributed by atoms with E-state index < -0.39 is 0 Å². The maximum absolute atomic E-state index is 13.6. The molecule has 1 aromatic carbocycles. The Bertz CT molecular complexity index is 421. The summed E-state index contributed by atoms with van der Waals surface area (Å²) in [5.74, 6) is -0.120. The summed E-state index contributed by atoms with van der Waals surface area (Å²) in [4.78, 5) is 2.18. The van der Waals surface area contributed by atoms with Gasteiger partial charge >= 0.3 is 0 Å². The minimum Gasteiger partial charge on any atom is -0.311 e. The van der Waals surface area contributed by atoms with Crippen LogP contribution in [0.25, 0.3) is 0 Å². The number of hydrogen-bond donors (Lipinski definition) is 1. The van der Waals surface area contributed by atoms with Crippen LogP contribution in [0.5, 0.6) is 0 Å². The zero-order valence-electron chi connectivity index (χ0n) is 13.8. The minimum absolute atomic E-state index is 0.120. The monoisotopic (exact) mass is 280 g/mol. The molecular weight excluding hydrogens is 251 g/mol. The Morgan fingerprint density at radius 1 is 1.10 bits per heavy atom. The van der Waals surface area contributed by atoms with Gasteiger partial charge < -0.3 is 10.2 Å². The predicted molar refractivity (Wildman–Crippen MR) is 84.3 cm³/mol. The van der Waals surface area contributed by atoms with Gasteiger partial charge in [-0.2, -0.15) is 0 Å². The predicted octanol–water partition coefficient (Wildman–Crippen LogP) is 3.67. The van der Waals surface area contributed by atoms with Crippen LogP contribution in [0.4, 0.5) is 4.39 Å².